The molecule has 6 heteroatoms. The highest BCUT2D eigenvalue weighted by Crippen LogP contribution is 2.07. The Morgan fingerprint density at radius 1 is 1.60 bits per heavy atom. The summed E-state index contributed by atoms with van der Waals surface area (Å²) in [5.41, 5.74) is 0.367. The predicted molar refractivity (Wildman–Crippen MR) is 56.0 cm³/mol. The molecule has 82 valence electrons. The van der Waals surface area contributed by atoms with Crippen LogP contribution in [0.15, 0.2) is 12.5 Å². The van der Waals surface area contributed by atoms with Gasteiger partial charge in [0.15, 0.2) is 0 Å². The van der Waals surface area contributed by atoms with Crippen molar-refractivity contribution < 1.29 is 14.1 Å². The fourth-order valence-corrected chi connectivity index (χ4v) is 2.24. The third-order valence-corrected chi connectivity index (χ3v) is 3.21. The van der Waals surface area contributed by atoms with Crippen LogP contribution in [0, 0.1) is 0 Å². The number of carboxylic acid groups (broad SMARTS) is 1. The minimum Gasteiger partial charge on any atom is -0.478 e. The molecule has 0 fully saturated rings. The number of carbonyl (C=O) groups is 1. The summed E-state index contributed by atoms with van der Waals surface area (Å²) < 4.78 is 11.4. The van der Waals surface area contributed by atoms with E-state index < -0.39 is 16.8 Å². The Morgan fingerprint density at radius 2 is 2.33 bits per heavy atom. The van der Waals surface area contributed by atoms with E-state index in [-0.39, 0.29) is 11.3 Å². The Morgan fingerprint density at radius 3 is 2.93 bits per heavy atom. The summed E-state index contributed by atoms with van der Waals surface area (Å²) in [6.07, 6.45) is 3.30. The summed E-state index contributed by atoms with van der Waals surface area (Å²) in [5.74, 6) is -0.347. The van der Waals surface area contributed by atoms with Crippen molar-refractivity contribution in [2.24, 2.45) is 0 Å². The van der Waals surface area contributed by atoms with Crippen LogP contribution in [0.3, 0.4) is 0 Å². The molecule has 0 aromatic carbocycles. The highest BCUT2D eigenvalue weighted by molar-refractivity contribution is 7.84. The van der Waals surface area contributed by atoms with Gasteiger partial charge >= 0.3 is 5.97 Å². The van der Waals surface area contributed by atoms with Gasteiger partial charge in [-0.15, -0.1) is 0 Å². The molecule has 1 rings (SSSR count). The minimum absolute atomic E-state index is 0.0296. The van der Waals surface area contributed by atoms with Gasteiger partial charge in [0.25, 0.3) is 0 Å². The molecule has 0 aliphatic heterocycles. The van der Waals surface area contributed by atoms with Crippen molar-refractivity contribution in [2.45, 2.75) is 19.1 Å². The SMILES string of the molecule is CCCS(=O)Cc1ncncc1C(=O)O. The molecule has 5 nitrogen and oxygen atoms in total. The molecule has 1 N–H and O–H groups in total. The highest BCUT2D eigenvalue weighted by atomic mass is 32.2. The molecular formula is C9H12N2O3S. The zero-order chi connectivity index (χ0) is 11.3. The van der Waals surface area contributed by atoms with Gasteiger partial charge in [0.05, 0.1) is 11.4 Å². The van der Waals surface area contributed by atoms with Crippen LogP contribution in [-0.4, -0.2) is 31.0 Å². The second-order valence-corrected chi connectivity index (χ2v) is 4.55. The van der Waals surface area contributed by atoms with Crippen LogP contribution >= 0.6 is 0 Å². The quantitative estimate of drug-likeness (QED) is 0.807. The fourth-order valence-electron chi connectivity index (χ4n) is 1.10. The van der Waals surface area contributed by atoms with Crippen LogP contribution in [0.25, 0.3) is 0 Å². The number of aromatic nitrogens is 2. The number of aromatic carboxylic acids is 1. The first-order valence-corrected chi connectivity index (χ1v) is 6.01. The number of hydrogen-bond donors (Lipinski definition) is 1. The molecule has 1 aromatic rings. The number of rotatable bonds is 5. The van der Waals surface area contributed by atoms with Gasteiger partial charge in [-0.1, -0.05) is 6.92 Å². The summed E-state index contributed by atoms with van der Waals surface area (Å²) in [6.45, 7) is 1.93. The van der Waals surface area contributed by atoms with E-state index in [2.05, 4.69) is 9.97 Å². The van der Waals surface area contributed by atoms with E-state index in [1.165, 1.54) is 12.5 Å². The van der Waals surface area contributed by atoms with Crippen molar-refractivity contribution in [3.05, 3.63) is 23.8 Å². The molecule has 0 aliphatic rings. The van der Waals surface area contributed by atoms with E-state index in [1.807, 2.05) is 6.92 Å². The molecule has 0 aliphatic carbocycles. The summed E-state index contributed by atoms with van der Waals surface area (Å²) in [6, 6.07) is 0. The topological polar surface area (TPSA) is 80.2 Å². The van der Waals surface area contributed by atoms with Gasteiger partial charge in [-0.25, -0.2) is 14.8 Å². The van der Waals surface area contributed by atoms with E-state index in [1.54, 1.807) is 0 Å². The number of carboxylic acids is 1. The Labute approximate surface area is 90.0 Å². The van der Waals surface area contributed by atoms with Crippen molar-refractivity contribution in [2.75, 3.05) is 5.75 Å². The summed E-state index contributed by atoms with van der Waals surface area (Å²) in [5, 5.41) is 8.83. The number of hydrogen-bond acceptors (Lipinski definition) is 4. The maximum atomic E-state index is 11.4. The van der Waals surface area contributed by atoms with Gasteiger partial charge in [0.1, 0.15) is 11.9 Å². The molecule has 1 atom stereocenters. The van der Waals surface area contributed by atoms with Crippen molar-refractivity contribution in [1.82, 2.24) is 9.97 Å². The first kappa shape index (κ1) is 11.8. The van der Waals surface area contributed by atoms with Gasteiger partial charge in [-0.3, -0.25) is 4.21 Å². The first-order valence-electron chi connectivity index (χ1n) is 4.52. The maximum Gasteiger partial charge on any atom is 0.339 e. The van der Waals surface area contributed by atoms with Crippen LogP contribution in [0.5, 0.6) is 0 Å². The Bertz CT molecular complexity index is 381. The van der Waals surface area contributed by atoms with Gasteiger partial charge in [0, 0.05) is 22.7 Å². The molecule has 0 saturated heterocycles. The van der Waals surface area contributed by atoms with E-state index >= 15 is 0 Å². The molecule has 0 spiro atoms. The van der Waals surface area contributed by atoms with Crippen molar-refractivity contribution in [1.29, 1.82) is 0 Å². The predicted octanol–water partition coefficient (Wildman–Crippen LogP) is 0.833. The number of nitrogens with zero attached hydrogens (tertiary/aromatic N) is 2. The maximum absolute atomic E-state index is 11.4. The normalized spacial score (nSPS) is 12.3. The molecule has 1 aromatic heterocycles. The Balaban J connectivity index is 2.84. The third kappa shape index (κ3) is 3.39. The largest absolute Gasteiger partial charge is 0.478 e. The van der Waals surface area contributed by atoms with Crippen LogP contribution in [0.1, 0.15) is 29.4 Å². The highest BCUT2D eigenvalue weighted by Gasteiger charge is 2.13. The van der Waals surface area contributed by atoms with Crippen LogP contribution in [0.2, 0.25) is 0 Å². The van der Waals surface area contributed by atoms with Crippen LogP contribution < -0.4 is 0 Å². The average Bonchev–Trinajstić information content (AvgIpc) is 2.18. The molecular weight excluding hydrogens is 216 g/mol. The van der Waals surface area contributed by atoms with Gasteiger partial charge < -0.3 is 5.11 Å². The average molecular weight is 228 g/mol. The van der Waals surface area contributed by atoms with Gasteiger partial charge in [-0.2, -0.15) is 0 Å². The van der Waals surface area contributed by atoms with Crippen LogP contribution in [0.4, 0.5) is 0 Å². The zero-order valence-corrected chi connectivity index (χ0v) is 9.16. The standard InChI is InChI=1S/C9H12N2O3S/c1-2-3-15(14)5-8-7(9(12)13)4-10-6-11-8/h4,6H,2-3,5H2,1H3,(H,12,13). The van der Waals surface area contributed by atoms with E-state index in [0.717, 1.165) is 6.42 Å². The summed E-state index contributed by atoms with van der Waals surface area (Å²) >= 11 is 0. The minimum atomic E-state index is -1.08. The molecule has 0 bridgehead atoms. The summed E-state index contributed by atoms with van der Waals surface area (Å²) in [4.78, 5) is 18.2. The third-order valence-electron chi connectivity index (χ3n) is 1.75. The lowest BCUT2D eigenvalue weighted by Crippen LogP contribution is -2.09. The molecule has 1 unspecified atom stereocenters. The molecule has 1 heterocycles. The second kappa shape index (κ2) is 5.55. The molecule has 0 saturated carbocycles. The van der Waals surface area contributed by atoms with Gasteiger partial charge in [-0.05, 0) is 6.42 Å². The summed E-state index contributed by atoms with van der Waals surface area (Å²) in [7, 11) is -1.05. The molecule has 0 amide bonds. The lowest BCUT2D eigenvalue weighted by molar-refractivity contribution is 0.0695. The van der Waals surface area contributed by atoms with E-state index in [9.17, 15) is 9.00 Å². The van der Waals surface area contributed by atoms with Crippen molar-refractivity contribution in [3.8, 4) is 0 Å². The van der Waals surface area contributed by atoms with Gasteiger partial charge in [0.2, 0.25) is 0 Å². The second-order valence-electron chi connectivity index (χ2n) is 2.98. The van der Waals surface area contributed by atoms with Crippen molar-refractivity contribution in [3.63, 3.8) is 0 Å². The lowest BCUT2D eigenvalue weighted by Gasteiger charge is -2.03. The molecule has 0 radical (unpaired) electrons. The van der Waals surface area contributed by atoms with Crippen LogP contribution in [-0.2, 0) is 16.6 Å². The first-order chi connectivity index (χ1) is 7.15. The Kier molecular flexibility index (Phi) is 4.36. The monoisotopic (exact) mass is 228 g/mol. The fraction of sp³-hybridized carbons (Fsp3) is 0.444. The van der Waals surface area contributed by atoms with E-state index in [0.29, 0.717) is 11.4 Å². The molecule has 15 heavy (non-hydrogen) atoms. The van der Waals surface area contributed by atoms with E-state index in [4.69, 9.17) is 5.11 Å². The Hall–Kier alpha value is -1.30. The smallest absolute Gasteiger partial charge is 0.339 e. The zero-order valence-electron chi connectivity index (χ0n) is 8.34. The lowest BCUT2D eigenvalue weighted by atomic mass is 10.2. The van der Waals surface area contributed by atoms with Crippen molar-refractivity contribution >= 4 is 16.8 Å².